The summed E-state index contributed by atoms with van der Waals surface area (Å²) in [6.07, 6.45) is 7.57. The van der Waals surface area contributed by atoms with Crippen LogP contribution in [0.15, 0.2) is 0 Å². The van der Waals surface area contributed by atoms with Crippen LogP contribution in [0.4, 0.5) is 0 Å². The minimum Gasteiger partial charge on any atom is -0.460 e. The number of hydrogen-bond acceptors (Lipinski definition) is 3. The van der Waals surface area contributed by atoms with Gasteiger partial charge in [0.25, 0.3) is 0 Å². The van der Waals surface area contributed by atoms with Crippen molar-refractivity contribution in [3.63, 3.8) is 0 Å². The quantitative estimate of drug-likeness (QED) is 0.790. The van der Waals surface area contributed by atoms with Gasteiger partial charge < -0.3 is 9.84 Å². The second-order valence-corrected chi connectivity index (χ2v) is 8.72. The Morgan fingerprint density at radius 3 is 2.41 bits per heavy atom. The third kappa shape index (κ3) is 3.84. The fourth-order valence-electron chi connectivity index (χ4n) is 4.86. The number of aliphatic hydroxyl groups is 1. The maximum absolute atomic E-state index is 11.2. The first-order chi connectivity index (χ1) is 10.1. The molecule has 0 spiro atoms. The summed E-state index contributed by atoms with van der Waals surface area (Å²) < 4.78 is 5.34. The molecule has 0 radical (unpaired) electrons. The smallest absolute Gasteiger partial charge is 0.303 e. The van der Waals surface area contributed by atoms with E-state index in [2.05, 4.69) is 20.8 Å². The molecule has 0 aromatic heterocycles. The van der Waals surface area contributed by atoms with Crippen molar-refractivity contribution in [3.05, 3.63) is 0 Å². The van der Waals surface area contributed by atoms with Gasteiger partial charge in [0, 0.05) is 6.92 Å². The Hall–Kier alpha value is -0.570. The highest BCUT2D eigenvalue weighted by molar-refractivity contribution is 5.66. The van der Waals surface area contributed by atoms with Crippen molar-refractivity contribution >= 4 is 5.97 Å². The van der Waals surface area contributed by atoms with Gasteiger partial charge in [0.2, 0.25) is 0 Å². The Bertz CT molecular complexity index is 399. The minimum atomic E-state index is -0.897. The molecule has 0 amide bonds. The number of carbonyl (C=O) groups is 1. The fourth-order valence-corrected chi connectivity index (χ4v) is 4.86. The molecule has 5 atom stereocenters. The second-order valence-electron chi connectivity index (χ2n) is 8.72. The van der Waals surface area contributed by atoms with Gasteiger partial charge in [-0.05, 0) is 62.2 Å². The summed E-state index contributed by atoms with van der Waals surface area (Å²) in [5, 5.41) is 10.8. The molecule has 2 saturated carbocycles. The normalized spacial score (nSPS) is 40.3. The third-order valence-electron chi connectivity index (χ3n) is 6.48. The highest BCUT2D eigenvalue weighted by Gasteiger charge is 2.47. The summed E-state index contributed by atoms with van der Waals surface area (Å²) in [6, 6.07) is 0. The zero-order chi connectivity index (χ0) is 16.5. The Morgan fingerprint density at radius 1 is 1.18 bits per heavy atom. The lowest BCUT2D eigenvalue weighted by Crippen LogP contribution is -2.51. The van der Waals surface area contributed by atoms with Crippen LogP contribution in [0.25, 0.3) is 0 Å². The van der Waals surface area contributed by atoms with Crippen molar-refractivity contribution in [1.29, 1.82) is 0 Å². The summed E-state index contributed by atoms with van der Waals surface area (Å²) >= 11 is 0. The zero-order valence-electron chi connectivity index (χ0n) is 15.0. The number of rotatable bonds is 3. The molecule has 1 N–H and O–H groups in total. The van der Waals surface area contributed by atoms with E-state index in [-0.39, 0.29) is 17.5 Å². The number of esters is 1. The molecule has 22 heavy (non-hydrogen) atoms. The molecule has 2 aliphatic carbocycles. The number of hydrogen-bond donors (Lipinski definition) is 1. The Balaban J connectivity index is 2.05. The Labute approximate surface area is 135 Å². The van der Waals surface area contributed by atoms with Crippen LogP contribution in [0.1, 0.15) is 79.6 Å². The van der Waals surface area contributed by atoms with Crippen LogP contribution in [0.2, 0.25) is 0 Å². The monoisotopic (exact) mass is 310 g/mol. The standard InChI is InChI=1S/C19H34O3/c1-13-7-6-8-15(11-13)18(3,4)16-9-10-17(22-14(2)20)19(5,21)12-16/h13,15-17,21H,6-12H2,1-5H3. The van der Waals surface area contributed by atoms with Crippen molar-refractivity contribution in [2.24, 2.45) is 23.2 Å². The molecular weight excluding hydrogens is 276 g/mol. The molecule has 3 nitrogen and oxygen atoms in total. The Kier molecular flexibility index (Phi) is 5.26. The molecular formula is C19H34O3. The van der Waals surface area contributed by atoms with Gasteiger partial charge in [0.05, 0.1) is 5.60 Å². The van der Waals surface area contributed by atoms with Gasteiger partial charge in [-0.3, -0.25) is 4.79 Å². The van der Waals surface area contributed by atoms with Crippen molar-refractivity contribution in [3.8, 4) is 0 Å². The molecule has 0 heterocycles. The summed E-state index contributed by atoms with van der Waals surface area (Å²) in [4.78, 5) is 11.2. The summed E-state index contributed by atoms with van der Waals surface area (Å²) in [5.74, 6) is 1.80. The predicted octanol–water partition coefficient (Wildman–Crippen LogP) is 4.32. The maximum atomic E-state index is 11.2. The summed E-state index contributed by atoms with van der Waals surface area (Å²) in [7, 11) is 0. The first kappa shape index (κ1) is 17.8. The Morgan fingerprint density at radius 2 is 1.86 bits per heavy atom. The van der Waals surface area contributed by atoms with Gasteiger partial charge in [-0.1, -0.05) is 33.6 Å². The van der Waals surface area contributed by atoms with Crippen LogP contribution in [0, 0.1) is 23.2 Å². The summed E-state index contributed by atoms with van der Waals surface area (Å²) in [5.41, 5.74) is -0.647. The van der Waals surface area contributed by atoms with Gasteiger partial charge in [-0.25, -0.2) is 0 Å². The van der Waals surface area contributed by atoms with Crippen LogP contribution in [-0.2, 0) is 9.53 Å². The average molecular weight is 310 g/mol. The molecule has 128 valence electrons. The molecule has 0 saturated heterocycles. The molecule has 2 rings (SSSR count). The van der Waals surface area contributed by atoms with Gasteiger partial charge in [0.1, 0.15) is 6.10 Å². The molecule has 0 bridgehead atoms. The van der Waals surface area contributed by atoms with Crippen LogP contribution in [-0.4, -0.2) is 22.8 Å². The molecule has 0 aromatic rings. The average Bonchev–Trinajstić information content (AvgIpc) is 2.40. The van der Waals surface area contributed by atoms with E-state index in [1.807, 2.05) is 6.92 Å². The van der Waals surface area contributed by atoms with Gasteiger partial charge in [-0.2, -0.15) is 0 Å². The van der Waals surface area contributed by atoms with Gasteiger partial charge in [-0.15, -0.1) is 0 Å². The molecule has 2 fully saturated rings. The number of ether oxygens (including phenoxy) is 1. The molecule has 2 aliphatic rings. The zero-order valence-corrected chi connectivity index (χ0v) is 15.0. The van der Waals surface area contributed by atoms with Gasteiger partial charge in [0.15, 0.2) is 0 Å². The van der Waals surface area contributed by atoms with E-state index < -0.39 is 5.60 Å². The highest BCUT2D eigenvalue weighted by Crippen LogP contribution is 2.51. The molecule has 3 heteroatoms. The molecule has 5 unspecified atom stereocenters. The lowest BCUT2D eigenvalue weighted by molar-refractivity contribution is -0.174. The third-order valence-corrected chi connectivity index (χ3v) is 6.48. The minimum absolute atomic E-state index is 0.250. The highest BCUT2D eigenvalue weighted by atomic mass is 16.6. The first-order valence-corrected chi connectivity index (χ1v) is 9.02. The van der Waals surface area contributed by atoms with E-state index in [1.165, 1.54) is 32.6 Å². The largest absolute Gasteiger partial charge is 0.460 e. The van der Waals surface area contributed by atoms with Crippen LogP contribution in [0.3, 0.4) is 0 Å². The first-order valence-electron chi connectivity index (χ1n) is 9.02. The molecule has 0 aromatic carbocycles. The van der Waals surface area contributed by atoms with E-state index in [0.29, 0.717) is 5.92 Å². The van der Waals surface area contributed by atoms with E-state index in [0.717, 1.165) is 31.1 Å². The van der Waals surface area contributed by atoms with Crippen LogP contribution < -0.4 is 0 Å². The van der Waals surface area contributed by atoms with Crippen molar-refractivity contribution in [2.45, 2.75) is 91.3 Å². The van der Waals surface area contributed by atoms with Crippen molar-refractivity contribution < 1.29 is 14.6 Å². The SMILES string of the molecule is CC(=O)OC1CCC(C(C)(C)C2CCCC(C)C2)CC1(C)O. The van der Waals surface area contributed by atoms with E-state index in [4.69, 9.17) is 4.74 Å². The maximum Gasteiger partial charge on any atom is 0.303 e. The van der Waals surface area contributed by atoms with Crippen LogP contribution in [0.5, 0.6) is 0 Å². The van der Waals surface area contributed by atoms with Crippen LogP contribution >= 0.6 is 0 Å². The van der Waals surface area contributed by atoms with Crippen molar-refractivity contribution in [1.82, 2.24) is 0 Å². The molecule has 0 aliphatic heterocycles. The van der Waals surface area contributed by atoms with Crippen molar-refractivity contribution in [2.75, 3.05) is 0 Å². The fraction of sp³-hybridized carbons (Fsp3) is 0.947. The lowest BCUT2D eigenvalue weighted by atomic mass is 9.58. The second kappa shape index (κ2) is 6.51. The van der Waals surface area contributed by atoms with E-state index >= 15 is 0 Å². The predicted molar refractivity (Wildman–Crippen MR) is 88.4 cm³/mol. The summed E-state index contributed by atoms with van der Waals surface area (Å²) in [6.45, 7) is 10.4. The van der Waals surface area contributed by atoms with Gasteiger partial charge >= 0.3 is 5.97 Å². The van der Waals surface area contributed by atoms with E-state index in [9.17, 15) is 9.90 Å². The number of carbonyl (C=O) groups excluding carboxylic acids is 1. The van der Waals surface area contributed by atoms with E-state index in [1.54, 1.807) is 0 Å². The lowest BCUT2D eigenvalue weighted by Gasteiger charge is -2.50. The topological polar surface area (TPSA) is 46.5 Å².